The van der Waals surface area contributed by atoms with Crippen LogP contribution >= 0.6 is 0 Å². The van der Waals surface area contributed by atoms with Crippen molar-refractivity contribution in [2.75, 3.05) is 0 Å². The molecule has 0 aromatic heterocycles. The molecular weight excluding hydrogens is 169 g/mol. The van der Waals surface area contributed by atoms with Gasteiger partial charge >= 0.3 is 0 Å². The summed E-state index contributed by atoms with van der Waals surface area (Å²) < 4.78 is 4.72. The van der Waals surface area contributed by atoms with E-state index in [1.165, 1.54) is 12.8 Å². The van der Waals surface area contributed by atoms with Gasteiger partial charge in [-0.05, 0) is 25.7 Å². The first kappa shape index (κ1) is 9.09. The van der Waals surface area contributed by atoms with Gasteiger partial charge in [-0.3, -0.25) is 4.79 Å². The Balaban J connectivity index is 0.000000640. The first-order chi connectivity index (χ1) is 3.93. The third kappa shape index (κ3) is 2.95. The summed E-state index contributed by atoms with van der Waals surface area (Å²) in [4.78, 5) is 9.74. The average molecular weight is 180 g/mol. The normalized spacial score (nSPS) is 18.7. The molecule has 0 saturated heterocycles. The van der Waals surface area contributed by atoms with E-state index >= 15 is 0 Å². The summed E-state index contributed by atoms with van der Waals surface area (Å²) in [6.45, 7) is 0.552. The molecule has 48 valence electrons. The minimum absolute atomic E-state index is 0. The minimum Gasteiger partial charge on any atom is -0.465 e. The van der Waals surface area contributed by atoms with Crippen LogP contribution in [0.2, 0.25) is 0 Å². The summed E-state index contributed by atoms with van der Waals surface area (Å²) in [5, 5.41) is 0. The van der Waals surface area contributed by atoms with E-state index < -0.39 is 0 Å². The van der Waals surface area contributed by atoms with Gasteiger partial charge in [0, 0.05) is 19.5 Å². The van der Waals surface area contributed by atoms with Gasteiger partial charge in [-0.15, -0.1) is 0 Å². The molecule has 1 aliphatic carbocycles. The molecule has 2 nitrogen and oxygen atoms in total. The molecule has 0 aromatic carbocycles. The molecule has 0 bridgehead atoms. The Hall–Kier alpha value is 0.0934. The number of carbonyl (C=O) groups is 1. The van der Waals surface area contributed by atoms with E-state index in [0.29, 0.717) is 6.47 Å². The second kappa shape index (κ2) is 4.92. The topological polar surface area (TPSA) is 26.3 Å². The van der Waals surface area contributed by atoms with Crippen LogP contribution < -0.4 is 0 Å². The zero-order valence-corrected chi connectivity index (χ0v) is 8.47. The Morgan fingerprint density at radius 2 is 1.89 bits per heavy atom. The van der Waals surface area contributed by atoms with Crippen LogP contribution in [-0.4, -0.2) is 12.6 Å². The summed E-state index contributed by atoms with van der Waals surface area (Å²) in [5.41, 5.74) is 0. The van der Waals surface area contributed by atoms with Crippen molar-refractivity contribution in [1.82, 2.24) is 0 Å². The van der Waals surface area contributed by atoms with Crippen molar-refractivity contribution in [3.8, 4) is 0 Å². The molecule has 0 aliphatic heterocycles. The van der Waals surface area contributed by atoms with E-state index in [2.05, 4.69) is 0 Å². The van der Waals surface area contributed by atoms with E-state index in [1.807, 2.05) is 0 Å². The predicted molar refractivity (Wildman–Crippen MR) is 29.4 cm³/mol. The molecule has 0 N–H and O–H groups in total. The van der Waals surface area contributed by atoms with E-state index in [-0.39, 0.29) is 25.6 Å². The van der Waals surface area contributed by atoms with Crippen molar-refractivity contribution in [1.29, 1.82) is 0 Å². The Morgan fingerprint density at radius 3 is 2.33 bits per heavy atom. The van der Waals surface area contributed by atoms with E-state index in [1.54, 1.807) is 0 Å². The van der Waals surface area contributed by atoms with Crippen LogP contribution in [0.4, 0.5) is 0 Å². The Bertz CT molecular complexity index is 79.1. The molecule has 0 radical (unpaired) electrons. The number of carbonyl (C=O) groups excluding carboxylic acids is 1. The smallest absolute Gasteiger partial charge is 0.293 e. The van der Waals surface area contributed by atoms with E-state index in [4.69, 9.17) is 4.74 Å². The molecule has 0 heterocycles. The minimum atomic E-state index is 0. The fraction of sp³-hybridized carbons (Fsp3) is 0.833. The van der Waals surface area contributed by atoms with Crippen molar-refractivity contribution in [2.24, 2.45) is 0 Å². The van der Waals surface area contributed by atoms with Crippen molar-refractivity contribution in [3.63, 3.8) is 0 Å². The maximum atomic E-state index is 9.74. The standard InChI is InChI=1S/C6H10O2.Zn/c7-5-8-6-3-1-2-4-6;/h5-6H,1-4H2;. The van der Waals surface area contributed by atoms with Crippen LogP contribution in [0.1, 0.15) is 25.7 Å². The molecule has 1 aliphatic rings. The van der Waals surface area contributed by atoms with Gasteiger partial charge in [-0.1, -0.05) is 0 Å². The van der Waals surface area contributed by atoms with Gasteiger partial charge in [0.2, 0.25) is 0 Å². The number of hydrogen-bond donors (Lipinski definition) is 0. The van der Waals surface area contributed by atoms with Crippen molar-refractivity contribution >= 4 is 6.47 Å². The van der Waals surface area contributed by atoms with Crippen molar-refractivity contribution in [2.45, 2.75) is 31.8 Å². The van der Waals surface area contributed by atoms with E-state index in [9.17, 15) is 4.79 Å². The van der Waals surface area contributed by atoms with Crippen LogP contribution in [0.3, 0.4) is 0 Å². The summed E-state index contributed by atoms with van der Waals surface area (Å²) >= 11 is 0. The average Bonchev–Trinajstić information content (AvgIpc) is 2.19. The fourth-order valence-corrected chi connectivity index (χ4v) is 1.10. The summed E-state index contributed by atoms with van der Waals surface area (Å²) in [5.74, 6) is 0. The monoisotopic (exact) mass is 178 g/mol. The first-order valence-corrected chi connectivity index (χ1v) is 3.02. The largest absolute Gasteiger partial charge is 0.465 e. The second-order valence-electron chi connectivity index (χ2n) is 2.14. The quantitative estimate of drug-likeness (QED) is 0.469. The van der Waals surface area contributed by atoms with Gasteiger partial charge in [0.1, 0.15) is 6.10 Å². The molecule has 0 atom stereocenters. The molecule has 9 heavy (non-hydrogen) atoms. The summed E-state index contributed by atoms with van der Waals surface area (Å²) in [6.07, 6.45) is 4.82. The van der Waals surface area contributed by atoms with Crippen LogP contribution in [-0.2, 0) is 29.0 Å². The molecule has 1 rings (SSSR count). The van der Waals surface area contributed by atoms with Crippen LogP contribution in [0.15, 0.2) is 0 Å². The van der Waals surface area contributed by atoms with Gasteiger partial charge in [0.25, 0.3) is 6.47 Å². The van der Waals surface area contributed by atoms with Crippen molar-refractivity contribution in [3.05, 3.63) is 0 Å². The predicted octanol–water partition coefficient (Wildman–Crippen LogP) is 1.10. The molecule has 0 amide bonds. The zero-order chi connectivity index (χ0) is 5.82. The summed E-state index contributed by atoms with van der Waals surface area (Å²) in [6, 6.07) is 0. The number of hydrogen-bond acceptors (Lipinski definition) is 2. The number of ether oxygens (including phenoxy) is 1. The molecule has 0 spiro atoms. The number of rotatable bonds is 2. The SMILES string of the molecule is O=COC1CCCC1.[Zn]. The van der Waals surface area contributed by atoms with Crippen LogP contribution in [0.5, 0.6) is 0 Å². The van der Waals surface area contributed by atoms with Gasteiger partial charge in [-0.25, -0.2) is 0 Å². The molecule has 0 unspecified atom stereocenters. The van der Waals surface area contributed by atoms with E-state index in [0.717, 1.165) is 12.8 Å². The van der Waals surface area contributed by atoms with Gasteiger partial charge in [-0.2, -0.15) is 0 Å². The van der Waals surface area contributed by atoms with Gasteiger partial charge < -0.3 is 4.74 Å². The fourth-order valence-electron chi connectivity index (χ4n) is 1.10. The van der Waals surface area contributed by atoms with Crippen LogP contribution in [0, 0.1) is 0 Å². The molecule has 3 heteroatoms. The summed E-state index contributed by atoms with van der Waals surface area (Å²) in [7, 11) is 0. The zero-order valence-electron chi connectivity index (χ0n) is 5.51. The first-order valence-electron chi connectivity index (χ1n) is 3.02. The second-order valence-corrected chi connectivity index (χ2v) is 2.14. The third-order valence-corrected chi connectivity index (χ3v) is 1.55. The molecule has 0 aromatic rings. The Morgan fingerprint density at radius 1 is 1.33 bits per heavy atom. The van der Waals surface area contributed by atoms with Crippen molar-refractivity contribution < 1.29 is 29.0 Å². The van der Waals surface area contributed by atoms with Gasteiger partial charge in [0.05, 0.1) is 0 Å². The Kier molecular flexibility index (Phi) is 4.98. The Labute approximate surface area is 67.7 Å². The van der Waals surface area contributed by atoms with Gasteiger partial charge in [0.15, 0.2) is 0 Å². The molecule has 1 fully saturated rings. The molecular formula is C6H10O2Zn. The maximum absolute atomic E-state index is 9.74. The third-order valence-electron chi connectivity index (χ3n) is 1.55. The maximum Gasteiger partial charge on any atom is 0.293 e. The van der Waals surface area contributed by atoms with Crippen LogP contribution in [0.25, 0.3) is 0 Å². The molecule has 1 saturated carbocycles.